The van der Waals surface area contributed by atoms with Crippen LogP contribution in [0.4, 0.5) is 0 Å². The average molecular weight is 1170 g/mol. The molecule has 19 bridgehead atoms. The Kier molecular flexibility index (Phi) is 10.8. The molecule has 10 nitrogen and oxygen atoms in total. The van der Waals surface area contributed by atoms with Crippen molar-refractivity contribution in [1.29, 1.82) is 0 Å². The Morgan fingerprint density at radius 3 is 2.50 bits per heavy atom. The minimum atomic E-state index is -1.76. The van der Waals surface area contributed by atoms with Crippen molar-refractivity contribution in [3.05, 3.63) is 164 Å². The number of allylic oxidation sites excluding steroid dienone is 6. The minimum absolute atomic E-state index is 0.000685. The quantitative estimate of drug-likeness (QED) is 0.0545. The summed E-state index contributed by atoms with van der Waals surface area (Å²) in [4.78, 5) is 17.8. The number of phenolic OH excluding ortho intramolecular Hbond substituents is 3. The van der Waals surface area contributed by atoms with Crippen LogP contribution in [-0.4, -0.2) is 78.0 Å². The van der Waals surface area contributed by atoms with Gasteiger partial charge in [0.25, 0.3) is 0 Å². The van der Waals surface area contributed by atoms with Crippen molar-refractivity contribution in [1.82, 2.24) is 5.32 Å². The van der Waals surface area contributed by atoms with Gasteiger partial charge in [0.15, 0.2) is 23.0 Å². The third-order valence-electron chi connectivity index (χ3n) is 28.1. The number of ketones is 1. The lowest BCUT2D eigenvalue weighted by atomic mass is 9.23. The molecule has 4 aromatic carbocycles. The monoisotopic (exact) mass is 1170 g/mol. The number of carbonyl (C=O) groups excluding carboxylic acids is 1. The fraction of sp³-hybridized carbons (Fsp3) is 0.526. The van der Waals surface area contributed by atoms with Crippen LogP contribution >= 0.6 is 0 Å². The minimum Gasteiger partial charge on any atom is -0.504 e. The van der Waals surface area contributed by atoms with Crippen molar-refractivity contribution in [2.75, 3.05) is 7.11 Å². The first-order valence-corrected chi connectivity index (χ1v) is 33.6. The van der Waals surface area contributed by atoms with Crippen LogP contribution in [0.3, 0.4) is 0 Å². The third-order valence-corrected chi connectivity index (χ3v) is 28.1. The Morgan fingerprint density at radius 2 is 1.67 bits per heavy atom. The number of aliphatic hydroxyl groups is 4. The van der Waals surface area contributed by atoms with Crippen LogP contribution in [0, 0.1) is 81.9 Å². The second kappa shape index (κ2) is 17.8. The number of fused-ring (bicyclic) bond motifs is 6. The maximum Gasteiger partial charge on any atom is 0.160 e. The highest BCUT2D eigenvalue weighted by molar-refractivity contribution is 5.86. The molecule has 88 heavy (non-hydrogen) atoms. The maximum absolute atomic E-state index is 17.8. The molecule has 5 saturated carbocycles. The van der Waals surface area contributed by atoms with Gasteiger partial charge >= 0.3 is 0 Å². The van der Waals surface area contributed by atoms with Crippen molar-refractivity contribution in [2.45, 2.75) is 186 Å². The van der Waals surface area contributed by atoms with E-state index >= 15 is 9.90 Å². The van der Waals surface area contributed by atoms with Gasteiger partial charge in [-0.25, -0.2) is 0 Å². The number of piperidine rings is 1. The lowest BCUT2D eigenvalue weighted by molar-refractivity contribution is -0.262. The lowest BCUT2D eigenvalue weighted by Crippen LogP contribution is -2.87. The van der Waals surface area contributed by atoms with Crippen LogP contribution in [0.2, 0.25) is 0 Å². The van der Waals surface area contributed by atoms with Gasteiger partial charge in [-0.3, -0.25) is 4.79 Å². The molecule has 10 heteroatoms. The number of rotatable bonds is 5. The molecule has 8 N–H and O–H groups in total. The van der Waals surface area contributed by atoms with E-state index in [9.17, 15) is 30.6 Å². The SMILES string of the molecule is COc1cc(C2CC(=O)C3C4C=CC56C#CCC7NC89CCC3(O)C(C7C#CC2Cc2ccccc2)C82c3cc(O)c(O)cc3C3CC2C27CC38CCCC8C=C2C2CC(O)C(=CC2=CC7C9)Cc2cc4c5c(c2)C2(CCCC2)CC6O)c(CO)cc1O. The highest BCUT2D eigenvalue weighted by atomic mass is 16.5. The molecule has 21 rings (SSSR count). The zero-order valence-electron chi connectivity index (χ0n) is 50.2. The number of nitrogens with one attached hydrogen (secondary N) is 1. The van der Waals surface area contributed by atoms with Crippen LogP contribution in [-0.2, 0) is 40.5 Å². The molecule has 1 saturated heterocycles. The van der Waals surface area contributed by atoms with E-state index in [-0.39, 0.29) is 69.7 Å². The first-order chi connectivity index (χ1) is 42.6. The van der Waals surface area contributed by atoms with E-state index in [2.05, 4.69) is 83.6 Å². The Labute approximate surface area is 515 Å². The van der Waals surface area contributed by atoms with Crippen LogP contribution in [0.5, 0.6) is 23.0 Å². The van der Waals surface area contributed by atoms with Gasteiger partial charge in [-0.05, 0) is 203 Å². The largest absolute Gasteiger partial charge is 0.504 e. The standard InChI is InChI=1S/C78H79NO9/c1-88-66-34-52(46(39-80)29-64(66)84)51-31-65(85)70-49-15-20-73-18-8-12-60-50(14-13-43(51)23-41-9-3-2-4-10-41)71-77(70,87)22-21-75(79-60)37-48-28-44-27-45(24-42-25-54(49)69(73)59(26-42)72(38-68(73)86)16-5-6-17-72)61(81)32-53(44)57-30-47-11-7-19-74(47)40-76(48,57)67-36-56(74)55-33-62(82)63(83)35-58(55)78(67,71)75/h2-4,9-10,15,20,25-30,33-35,43,47-51,53,56,60-61,67-68,70-71,79-84,86-87H,5-7,11-12,16-17,19,21-24,31-32,36-40H2,1H3. The Hall–Kier alpha value is -6.37. The fourth-order valence-electron chi connectivity index (χ4n) is 25.3. The first kappa shape index (κ1) is 53.5. The molecule has 4 aromatic rings. The lowest BCUT2D eigenvalue weighted by Gasteiger charge is -2.82. The second-order valence-corrected chi connectivity index (χ2v) is 31.0. The van der Waals surface area contributed by atoms with Crippen LogP contribution in [0.1, 0.15) is 171 Å². The molecule has 6 spiro atoms. The molecule has 0 aromatic heterocycles. The molecule has 20 unspecified atom stereocenters. The number of hydrogen-bond acceptors (Lipinski definition) is 10. The summed E-state index contributed by atoms with van der Waals surface area (Å²) in [5.74, 6) is 11.8. The number of ether oxygens (including phenoxy) is 1. The van der Waals surface area contributed by atoms with Gasteiger partial charge in [-0.2, -0.15) is 0 Å². The van der Waals surface area contributed by atoms with E-state index < -0.39 is 87.7 Å². The van der Waals surface area contributed by atoms with Gasteiger partial charge in [0.2, 0.25) is 0 Å². The van der Waals surface area contributed by atoms with Gasteiger partial charge in [0.1, 0.15) is 11.2 Å². The van der Waals surface area contributed by atoms with Crippen LogP contribution in [0.15, 0.2) is 114 Å². The highest BCUT2D eigenvalue weighted by Crippen LogP contribution is 2.86. The Balaban J connectivity index is 0.981. The maximum atomic E-state index is 17.8. The van der Waals surface area contributed by atoms with Crippen molar-refractivity contribution in [3.63, 3.8) is 0 Å². The first-order valence-electron chi connectivity index (χ1n) is 33.6. The average Bonchev–Trinajstić information content (AvgIpc) is 0.769. The van der Waals surface area contributed by atoms with Gasteiger partial charge in [-0.1, -0.05) is 115 Å². The van der Waals surface area contributed by atoms with Gasteiger partial charge in [-0.15, -0.1) is 5.92 Å². The molecule has 450 valence electrons. The van der Waals surface area contributed by atoms with E-state index in [1.54, 1.807) is 12.1 Å². The molecule has 0 amide bonds. The predicted molar refractivity (Wildman–Crippen MR) is 331 cm³/mol. The summed E-state index contributed by atoms with van der Waals surface area (Å²) in [6, 6.07) is 21.8. The summed E-state index contributed by atoms with van der Waals surface area (Å²) >= 11 is 0. The van der Waals surface area contributed by atoms with Gasteiger partial charge in [0, 0.05) is 70.8 Å². The van der Waals surface area contributed by atoms with Crippen LogP contribution in [0.25, 0.3) is 0 Å². The molecule has 17 aliphatic rings. The summed E-state index contributed by atoms with van der Waals surface area (Å²) < 4.78 is 5.87. The van der Waals surface area contributed by atoms with Crippen LogP contribution < -0.4 is 10.1 Å². The van der Waals surface area contributed by atoms with Crippen molar-refractivity contribution in [3.8, 4) is 46.7 Å². The number of Topliss-reactive ketones (excluding diaryl/α,β-unsaturated/α-hetero) is 1. The number of benzene rings is 4. The zero-order valence-corrected chi connectivity index (χ0v) is 50.2. The zero-order chi connectivity index (χ0) is 59.4. The number of hydrogen-bond donors (Lipinski definition) is 8. The number of methoxy groups -OCH3 is 1. The summed E-state index contributed by atoms with van der Waals surface area (Å²) in [7, 11) is 1.52. The molecule has 1 heterocycles. The second-order valence-electron chi connectivity index (χ2n) is 31.0. The smallest absolute Gasteiger partial charge is 0.160 e. The van der Waals surface area contributed by atoms with E-state index in [0.29, 0.717) is 62.0 Å². The summed E-state index contributed by atoms with van der Waals surface area (Å²) in [5.41, 5.74) is 6.84. The number of phenols is 3. The number of aliphatic hydroxyl groups excluding tert-OH is 3. The predicted octanol–water partition coefficient (Wildman–Crippen LogP) is 10.9. The molecule has 16 aliphatic carbocycles. The van der Waals surface area contributed by atoms with E-state index in [1.165, 1.54) is 23.8 Å². The molecular formula is C78H79NO9. The highest BCUT2D eigenvalue weighted by Gasteiger charge is 2.84. The molecule has 20 atom stereocenters. The molecule has 1 aliphatic heterocycles. The molecular weight excluding hydrogens is 1090 g/mol. The van der Waals surface area contributed by atoms with Gasteiger partial charge < -0.3 is 45.8 Å². The Bertz CT molecular complexity index is 4070. The molecule has 6 fully saturated rings. The Morgan fingerprint density at radius 1 is 0.830 bits per heavy atom. The fourth-order valence-corrected chi connectivity index (χ4v) is 25.3. The molecule has 0 radical (unpaired) electrons. The van der Waals surface area contributed by atoms with E-state index in [0.717, 1.165) is 103 Å². The number of carbonyl (C=O) groups is 1. The van der Waals surface area contributed by atoms with Gasteiger partial charge in [0.05, 0.1) is 37.4 Å². The third kappa shape index (κ3) is 6.34. The van der Waals surface area contributed by atoms with E-state index in [4.69, 9.17) is 4.74 Å². The normalized spacial score (nSPS) is 43.5. The van der Waals surface area contributed by atoms with Crippen molar-refractivity contribution in [2.24, 2.45) is 58.2 Å². The summed E-state index contributed by atoms with van der Waals surface area (Å²) in [5, 5.41) is 94.3. The summed E-state index contributed by atoms with van der Waals surface area (Å²) in [6.45, 7) is -0.402. The van der Waals surface area contributed by atoms with Crippen molar-refractivity contribution >= 4 is 5.78 Å². The van der Waals surface area contributed by atoms with Crippen molar-refractivity contribution < 1.29 is 45.3 Å². The topological polar surface area (TPSA) is 180 Å². The summed E-state index contributed by atoms with van der Waals surface area (Å²) in [6.07, 6.45) is 23.6. The van der Waals surface area contributed by atoms with E-state index in [1.807, 2.05) is 30.3 Å². The number of aromatic hydroxyl groups is 3.